The highest BCUT2D eigenvalue weighted by Gasteiger charge is 2.24. The molecule has 1 atom stereocenters. The van der Waals surface area contributed by atoms with Gasteiger partial charge in [0.2, 0.25) is 0 Å². The normalized spacial score (nSPS) is 16.3. The van der Waals surface area contributed by atoms with Crippen LogP contribution < -0.4 is 10.2 Å². The molecule has 156 valence electrons. The van der Waals surface area contributed by atoms with Crippen molar-refractivity contribution in [2.24, 2.45) is 0 Å². The fourth-order valence-corrected chi connectivity index (χ4v) is 3.77. The minimum absolute atomic E-state index is 0.141. The van der Waals surface area contributed by atoms with Gasteiger partial charge in [0, 0.05) is 30.5 Å². The van der Waals surface area contributed by atoms with Gasteiger partial charge in [-0.25, -0.2) is 4.39 Å². The molecule has 0 spiro atoms. The summed E-state index contributed by atoms with van der Waals surface area (Å²) in [7, 11) is 4.22. The smallest absolute Gasteiger partial charge is 0.291 e. The zero-order valence-corrected chi connectivity index (χ0v) is 17.5. The number of nitrogens with zero attached hydrogens (tertiary/aromatic N) is 2. The van der Waals surface area contributed by atoms with Crippen molar-refractivity contribution in [2.45, 2.75) is 19.4 Å². The van der Waals surface area contributed by atoms with Gasteiger partial charge in [-0.1, -0.05) is 6.07 Å². The zero-order chi connectivity index (χ0) is 21.3. The second-order valence-corrected chi connectivity index (χ2v) is 8.00. The minimum atomic E-state index is -0.370. The molecule has 2 heterocycles. The Morgan fingerprint density at radius 2 is 1.90 bits per heavy atom. The number of anilines is 2. The predicted octanol–water partition coefficient (Wildman–Crippen LogP) is 4.79. The third-order valence-electron chi connectivity index (χ3n) is 5.60. The van der Waals surface area contributed by atoms with E-state index < -0.39 is 0 Å². The summed E-state index contributed by atoms with van der Waals surface area (Å²) in [6, 6.07) is 16.5. The highest BCUT2D eigenvalue weighted by atomic mass is 19.1. The van der Waals surface area contributed by atoms with Gasteiger partial charge in [0.05, 0.1) is 5.56 Å². The van der Waals surface area contributed by atoms with Gasteiger partial charge in [0.15, 0.2) is 5.76 Å². The maximum absolute atomic E-state index is 14.2. The second-order valence-electron chi connectivity index (χ2n) is 8.00. The lowest BCUT2D eigenvalue weighted by atomic mass is 10.1. The number of halogens is 1. The number of likely N-dealkylation sites (N-methyl/N-ethyl adjacent to an activating group) is 1. The van der Waals surface area contributed by atoms with Crippen LogP contribution in [0.4, 0.5) is 15.8 Å². The van der Waals surface area contributed by atoms with Gasteiger partial charge >= 0.3 is 0 Å². The molecular formula is C24H26FN3O2. The van der Waals surface area contributed by atoms with E-state index >= 15 is 0 Å². The lowest BCUT2D eigenvalue weighted by Gasteiger charge is -2.22. The molecule has 2 aromatic carbocycles. The van der Waals surface area contributed by atoms with Crippen molar-refractivity contribution in [3.8, 4) is 11.3 Å². The summed E-state index contributed by atoms with van der Waals surface area (Å²) in [5, 5.41) is 2.84. The summed E-state index contributed by atoms with van der Waals surface area (Å²) in [4.78, 5) is 17.2. The summed E-state index contributed by atoms with van der Waals surface area (Å²) in [5.74, 6) is -0.263. The first-order valence-electron chi connectivity index (χ1n) is 10.1. The molecule has 0 radical (unpaired) electrons. The first-order chi connectivity index (χ1) is 14.4. The Balaban J connectivity index is 1.41. The van der Waals surface area contributed by atoms with Gasteiger partial charge < -0.3 is 19.5 Å². The summed E-state index contributed by atoms with van der Waals surface area (Å²) in [6.07, 6.45) is 1.15. The third-order valence-corrected chi connectivity index (χ3v) is 5.60. The van der Waals surface area contributed by atoms with E-state index in [9.17, 15) is 9.18 Å². The highest BCUT2D eigenvalue weighted by Crippen LogP contribution is 2.27. The Labute approximate surface area is 176 Å². The molecule has 1 N–H and O–H groups in total. The molecule has 1 aromatic heterocycles. The Hall–Kier alpha value is -3.12. The monoisotopic (exact) mass is 407 g/mol. The highest BCUT2D eigenvalue weighted by molar-refractivity contribution is 6.02. The molecule has 1 aliphatic heterocycles. The molecule has 0 bridgehead atoms. The quantitative estimate of drug-likeness (QED) is 0.661. The summed E-state index contributed by atoms with van der Waals surface area (Å²) >= 11 is 0. The van der Waals surface area contributed by atoms with Crippen molar-refractivity contribution in [3.05, 3.63) is 71.7 Å². The van der Waals surface area contributed by atoms with Crippen LogP contribution in [0.25, 0.3) is 11.3 Å². The molecule has 0 aliphatic carbocycles. The largest absolute Gasteiger partial charge is 0.451 e. The zero-order valence-electron chi connectivity index (χ0n) is 17.5. The second kappa shape index (κ2) is 8.32. The van der Waals surface area contributed by atoms with Crippen LogP contribution in [-0.2, 0) is 0 Å². The van der Waals surface area contributed by atoms with Crippen molar-refractivity contribution >= 4 is 17.3 Å². The molecule has 30 heavy (non-hydrogen) atoms. The van der Waals surface area contributed by atoms with E-state index in [4.69, 9.17) is 4.42 Å². The lowest BCUT2D eigenvalue weighted by molar-refractivity contribution is 0.0997. The van der Waals surface area contributed by atoms with Crippen LogP contribution >= 0.6 is 0 Å². The van der Waals surface area contributed by atoms with Crippen molar-refractivity contribution in [1.82, 2.24) is 4.90 Å². The first-order valence-corrected chi connectivity index (χ1v) is 10.1. The van der Waals surface area contributed by atoms with Gasteiger partial charge in [-0.3, -0.25) is 4.79 Å². The molecule has 1 saturated heterocycles. The van der Waals surface area contributed by atoms with Crippen LogP contribution in [0.1, 0.15) is 22.5 Å². The number of rotatable bonds is 5. The lowest BCUT2D eigenvalue weighted by Crippen LogP contribution is -2.31. The maximum Gasteiger partial charge on any atom is 0.291 e. The van der Waals surface area contributed by atoms with Crippen LogP contribution in [-0.4, -0.2) is 44.0 Å². The molecule has 1 aliphatic rings. The number of amides is 1. The van der Waals surface area contributed by atoms with Crippen LogP contribution in [0.3, 0.4) is 0 Å². The SMILES string of the molecule is Cc1ccc(-c2ccc(C(=O)Nc3ccc(N4CCC(N(C)C)C4)cc3)o2)c(F)c1. The average Bonchev–Trinajstić information content (AvgIpc) is 3.39. The van der Waals surface area contributed by atoms with E-state index in [-0.39, 0.29) is 17.5 Å². The number of benzene rings is 2. The third kappa shape index (κ3) is 4.24. The summed E-state index contributed by atoms with van der Waals surface area (Å²) in [5.41, 5.74) is 3.00. The fraction of sp³-hybridized carbons (Fsp3) is 0.292. The van der Waals surface area contributed by atoms with E-state index in [0.717, 1.165) is 30.8 Å². The fourth-order valence-electron chi connectivity index (χ4n) is 3.77. The number of nitrogens with one attached hydrogen (secondary N) is 1. The van der Waals surface area contributed by atoms with E-state index in [1.165, 1.54) is 6.07 Å². The van der Waals surface area contributed by atoms with Crippen LogP contribution in [0.2, 0.25) is 0 Å². The van der Waals surface area contributed by atoms with Crippen molar-refractivity contribution in [2.75, 3.05) is 37.4 Å². The number of furan rings is 1. The molecule has 1 unspecified atom stereocenters. The number of aryl methyl sites for hydroxylation is 1. The van der Waals surface area contributed by atoms with Crippen LogP contribution in [0.5, 0.6) is 0 Å². The van der Waals surface area contributed by atoms with Gasteiger partial charge in [-0.15, -0.1) is 0 Å². The summed E-state index contributed by atoms with van der Waals surface area (Å²) < 4.78 is 19.8. The molecule has 6 heteroatoms. The topological polar surface area (TPSA) is 48.7 Å². The van der Waals surface area contributed by atoms with E-state index in [0.29, 0.717) is 23.1 Å². The molecule has 1 fully saturated rings. The molecule has 5 nitrogen and oxygen atoms in total. The van der Waals surface area contributed by atoms with Gasteiger partial charge in [-0.2, -0.15) is 0 Å². The molecule has 3 aromatic rings. The maximum atomic E-state index is 14.2. The Morgan fingerprint density at radius 3 is 2.57 bits per heavy atom. The number of hydrogen-bond donors (Lipinski definition) is 1. The van der Waals surface area contributed by atoms with Crippen LogP contribution in [0.15, 0.2) is 59.0 Å². The van der Waals surface area contributed by atoms with Crippen molar-refractivity contribution in [3.63, 3.8) is 0 Å². The standard InChI is InChI=1S/C24H26FN3O2/c1-16-4-9-20(21(25)14-16)22-10-11-23(30-22)24(29)26-17-5-7-18(8-6-17)28-13-12-19(15-28)27(2)3/h4-11,14,19H,12-13,15H2,1-3H3,(H,26,29). The summed E-state index contributed by atoms with van der Waals surface area (Å²) in [6.45, 7) is 3.85. The number of carbonyl (C=O) groups excluding carboxylic acids is 1. The molecule has 4 rings (SSSR count). The van der Waals surface area contributed by atoms with Crippen molar-refractivity contribution < 1.29 is 13.6 Å². The van der Waals surface area contributed by atoms with Gasteiger partial charge in [0.25, 0.3) is 5.91 Å². The van der Waals surface area contributed by atoms with Crippen molar-refractivity contribution in [1.29, 1.82) is 0 Å². The predicted molar refractivity (Wildman–Crippen MR) is 118 cm³/mol. The molecule has 0 saturated carbocycles. The molecular weight excluding hydrogens is 381 g/mol. The Morgan fingerprint density at radius 1 is 1.13 bits per heavy atom. The Bertz CT molecular complexity index is 1040. The van der Waals surface area contributed by atoms with E-state index in [1.807, 2.05) is 37.3 Å². The number of hydrogen-bond acceptors (Lipinski definition) is 4. The van der Waals surface area contributed by atoms with E-state index in [1.54, 1.807) is 18.2 Å². The van der Waals surface area contributed by atoms with Gasteiger partial charge in [-0.05, 0) is 81.5 Å². The Kier molecular flexibility index (Phi) is 5.59. The van der Waals surface area contributed by atoms with Crippen LogP contribution in [0, 0.1) is 12.7 Å². The first kappa shape index (κ1) is 20.2. The minimum Gasteiger partial charge on any atom is -0.451 e. The van der Waals surface area contributed by atoms with E-state index in [2.05, 4.69) is 29.2 Å². The molecule has 1 amide bonds. The van der Waals surface area contributed by atoms with Gasteiger partial charge in [0.1, 0.15) is 11.6 Å². The number of carbonyl (C=O) groups is 1. The average molecular weight is 407 g/mol.